The Bertz CT molecular complexity index is 905. The van der Waals surface area contributed by atoms with Gasteiger partial charge in [0, 0.05) is 17.7 Å². The summed E-state index contributed by atoms with van der Waals surface area (Å²) < 4.78 is 7.09. The van der Waals surface area contributed by atoms with Gasteiger partial charge in [0.1, 0.15) is 5.69 Å². The summed E-state index contributed by atoms with van der Waals surface area (Å²) >= 11 is 0. The van der Waals surface area contributed by atoms with E-state index in [4.69, 9.17) is 9.63 Å². The minimum Gasteiger partial charge on any atom is -0.390 e. The van der Waals surface area contributed by atoms with Crippen LogP contribution in [0.1, 0.15) is 47.9 Å². The van der Waals surface area contributed by atoms with Gasteiger partial charge in [-0.1, -0.05) is 40.7 Å². The number of nitrogens with zero attached hydrogens (tertiary/aromatic N) is 4. The zero-order valence-corrected chi connectivity index (χ0v) is 14.8. The Morgan fingerprint density at radius 1 is 1.30 bits per heavy atom. The Morgan fingerprint density at radius 2 is 2.15 bits per heavy atom. The third kappa shape index (κ3) is 3.90. The smallest absolute Gasteiger partial charge is 0.273 e. The summed E-state index contributed by atoms with van der Waals surface area (Å²) in [5, 5.41) is 24.1. The van der Waals surface area contributed by atoms with E-state index < -0.39 is 0 Å². The molecular formula is C19H21N5O3. The molecule has 3 aromatic rings. The second-order valence-corrected chi connectivity index (χ2v) is 6.78. The van der Waals surface area contributed by atoms with Crippen molar-refractivity contribution in [2.75, 3.05) is 0 Å². The van der Waals surface area contributed by atoms with E-state index in [1.165, 1.54) is 0 Å². The van der Waals surface area contributed by atoms with Gasteiger partial charge < -0.3 is 14.9 Å². The van der Waals surface area contributed by atoms with Crippen molar-refractivity contribution < 1.29 is 14.4 Å². The van der Waals surface area contributed by atoms with Crippen LogP contribution in [0.4, 0.5) is 0 Å². The molecule has 0 radical (unpaired) electrons. The highest BCUT2D eigenvalue weighted by Gasteiger charge is 2.26. The maximum absolute atomic E-state index is 12.5. The lowest BCUT2D eigenvalue weighted by atomic mass is 9.91. The summed E-state index contributed by atoms with van der Waals surface area (Å²) in [6.07, 6.45) is 5.40. The lowest BCUT2D eigenvalue weighted by Crippen LogP contribution is -2.39. The summed E-state index contributed by atoms with van der Waals surface area (Å²) in [6.45, 7) is -0.122. The molecule has 8 heteroatoms. The average Bonchev–Trinajstić information content (AvgIpc) is 3.39. The van der Waals surface area contributed by atoms with E-state index in [1.54, 1.807) is 16.9 Å². The van der Waals surface area contributed by atoms with Crippen molar-refractivity contribution in [2.24, 2.45) is 0 Å². The van der Waals surface area contributed by atoms with Crippen LogP contribution in [-0.2, 0) is 6.61 Å². The number of aliphatic hydroxyl groups is 1. The van der Waals surface area contributed by atoms with Crippen LogP contribution in [-0.4, -0.2) is 37.2 Å². The van der Waals surface area contributed by atoms with Gasteiger partial charge in [-0.2, -0.15) is 0 Å². The number of nitrogens with one attached hydrogen (secondary N) is 1. The maximum Gasteiger partial charge on any atom is 0.273 e. The predicted octanol–water partition coefficient (Wildman–Crippen LogP) is 2.34. The molecule has 8 nitrogen and oxygen atoms in total. The first-order chi connectivity index (χ1) is 13.2. The van der Waals surface area contributed by atoms with E-state index in [-0.39, 0.29) is 30.3 Å². The molecule has 2 heterocycles. The second kappa shape index (κ2) is 7.71. The summed E-state index contributed by atoms with van der Waals surface area (Å²) in [6, 6.07) is 11.4. The van der Waals surface area contributed by atoms with Gasteiger partial charge in [0.15, 0.2) is 11.5 Å². The number of carbonyl (C=O) groups excluding carboxylic acids is 1. The monoisotopic (exact) mass is 367 g/mol. The molecule has 2 unspecified atom stereocenters. The number of hydrogen-bond donors (Lipinski definition) is 2. The van der Waals surface area contributed by atoms with E-state index in [2.05, 4.69) is 20.8 Å². The molecule has 1 amide bonds. The highest BCUT2D eigenvalue weighted by atomic mass is 16.5. The van der Waals surface area contributed by atoms with Gasteiger partial charge >= 0.3 is 0 Å². The summed E-state index contributed by atoms with van der Waals surface area (Å²) in [5.41, 5.74) is 1.71. The van der Waals surface area contributed by atoms with Crippen molar-refractivity contribution in [3.63, 3.8) is 0 Å². The fourth-order valence-electron chi connectivity index (χ4n) is 3.48. The van der Waals surface area contributed by atoms with Crippen molar-refractivity contribution >= 4 is 5.91 Å². The molecule has 1 aromatic carbocycles. The minimum absolute atomic E-state index is 0.0369. The highest BCUT2D eigenvalue weighted by Crippen LogP contribution is 2.28. The zero-order valence-electron chi connectivity index (χ0n) is 14.8. The molecule has 2 atom stereocenters. The minimum atomic E-state index is -0.235. The SMILES string of the molecule is O=C(NC1CCCC(n2cc(CO)nn2)C1)c1cc(-c2ccccc2)on1. The normalized spacial score (nSPS) is 19.7. The van der Waals surface area contributed by atoms with Crippen LogP contribution in [0.3, 0.4) is 0 Å². The molecule has 0 aliphatic heterocycles. The van der Waals surface area contributed by atoms with Crippen molar-refractivity contribution in [2.45, 2.75) is 44.4 Å². The Balaban J connectivity index is 1.40. The van der Waals surface area contributed by atoms with Crippen molar-refractivity contribution in [1.29, 1.82) is 0 Å². The molecule has 1 fully saturated rings. The van der Waals surface area contributed by atoms with Crippen molar-refractivity contribution in [3.8, 4) is 11.3 Å². The Labute approximate surface area is 156 Å². The number of aliphatic hydroxyl groups excluding tert-OH is 1. The standard InChI is InChI=1S/C19H21N5O3/c25-12-15-11-24(23-21-15)16-8-4-7-14(9-16)20-19(26)17-10-18(27-22-17)13-5-2-1-3-6-13/h1-3,5-6,10-11,14,16,25H,4,7-9,12H2,(H,20,26). The van der Waals surface area contributed by atoms with Gasteiger partial charge in [-0.25, -0.2) is 4.68 Å². The van der Waals surface area contributed by atoms with Gasteiger partial charge in [0.05, 0.1) is 18.8 Å². The molecule has 1 saturated carbocycles. The van der Waals surface area contributed by atoms with E-state index in [9.17, 15) is 4.79 Å². The molecular weight excluding hydrogens is 346 g/mol. The summed E-state index contributed by atoms with van der Waals surface area (Å²) in [5.74, 6) is 0.336. The summed E-state index contributed by atoms with van der Waals surface area (Å²) in [4.78, 5) is 12.5. The number of rotatable bonds is 5. The van der Waals surface area contributed by atoms with Gasteiger partial charge in [-0.3, -0.25) is 4.79 Å². The van der Waals surface area contributed by atoms with E-state index in [1.807, 2.05) is 30.3 Å². The Kier molecular flexibility index (Phi) is 4.97. The first-order valence-electron chi connectivity index (χ1n) is 9.07. The molecule has 1 aliphatic rings. The fourth-order valence-corrected chi connectivity index (χ4v) is 3.48. The van der Waals surface area contributed by atoms with E-state index in [0.717, 1.165) is 31.2 Å². The average molecular weight is 367 g/mol. The Morgan fingerprint density at radius 3 is 2.93 bits per heavy atom. The van der Waals surface area contributed by atoms with Gasteiger partial charge in [0.2, 0.25) is 0 Å². The largest absolute Gasteiger partial charge is 0.390 e. The highest BCUT2D eigenvalue weighted by molar-refractivity contribution is 5.93. The number of amides is 1. The van der Waals surface area contributed by atoms with Crippen LogP contribution in [0.5, 0.6) is 0 Å². The molecule has 27 heavy (non-hydrogen) atoms. The topological polar surface area (TPSA) is 106 Å². The van der Waals surface area contributed by atoms with Crippen LogP contribution in [0.25, 0.3) is 11.3 Å². The van der Waals surface area contributed by atoms with E-state index in [0.29, 0.717) is 11.5 Å². The zero-order chi connectivity index (χ0) is 18.6. The van der Waals surface area contributed by atoms with Crippen molar-refractivity contribution in [3.05, 3.63) is 54.0 Å². The number of aromatic nitrogens is 4. The van der Waals surface area contributed by atoms with Gasteiger partial charge in [-0.05, 0) is 25.7 Å². The predicted molar refractivity (Wildman–Crippen MR) is 96.6 cm³/mol. The van der Waals surface area contributed by atoms with Crippen LogP contribution in [0.2, 0.25) is 0 Å². The molecule has 1 aliphatic carbocycles. The molecule has 4 rings (SSSR count). The van der Waals surface area contributed by atoms with Gasteiger partial charge in [-0.15, -0.1) is 5.10 Å². The van der Waals surface area contributed by atoms with Crippen LogP contribution in [0.15, 0.2) is 47.1 Å². The molecule has 0 saturated heterocycles. The fraction of sp³-hybridized carbons (Fsp3) is 0.368. The molecule has 0 bridgehead atoms. The van der Waals surface area contributed by atoms with Crippen LogP contribution in [0, 0.1) is 0 Å². The lowest BCUT2D eigenvalue weighted by molar-refractivity contribution is 0.0910. The second-order valence-electron chi connectivity index (χ2n) is 6.78. The lowest BCUT2D eigenvalue weighted by Gasteiger charge is -2.29. The maximum atomic E-state index is 12.5. The number of benzene rings is 1. The molecule has 2 N–H and O–H groups in total. The quantitative estimate of drug-likeness (QED) is 0.717. The number of hydrogen-bond acceptors (Lipinski definition) is 6. The van der Waals surface area contributed by atoms with Gasteiger partial charge in [0.25, 0.3) is 5.91 Å². The van der Waals surface area contributed by atoms with E-state index >= 15 is 0 Å². The molecule has 0 spiro atoms. The van der Waals surface area contributed by atoms with Crippen molar-refractivity contribution in [1.82, 2.24) is 25.5 Å². The summed E-state index contributed by atoms with van der Waals surface area (Å²) in [7, 11) is 0. The first-order valence-corrected chi connectivity index (χ1v) is 9.07. The molecule has 2 aromatic heterocycles. The molecule has 140 valence electrons. The number of carbonyl (C=O) groups is 1. The van der Waals surface area contributed by atoms with Crippen LogP contribution >= 0.6 is 0 Å². The third-order valence-corrected chi connectivity index (χ3v) is 4.88. The first kappa shape index (κ1) is 17.4. The van der Waals surface area contributed by atoms with Crippen LogP contribution < -0.4 is 5.32 Å². The third-order valence-electron chi connectivity index (χ3n) is 4.88. The Hall–Kier alpha value is -3.00.